The maximum atomic E-state index is 13.2. The summed E-state index contributed by atoms with van der Waals surface area (Å²) in [7, 11) is 3.27. The first kappa shape index (κ1) is 30.8. The lowest BCUT2D eigenvalue weighted by Crippen LogP contribution is -2.32. The first-order valence-electron chi connectivity index (χ1n) is 15.4. The van der Waals surface area contributed by atoms with Crippen LogP contribution in [-0.4, -0.2) is 50.6 Å². The standard InChI is InChI=1S/C36H40N6O4/c1-36(2,3)46-35(43)39-31(18-25-21-38-30-13-9-7-11-28(25)30)34-41-40-33(17-15-23-20-37-29-12-8-6-10-27(23)29)42(34)22-24-14-16-26(44-4)19-32(24)45-5/h6-14,16,19-21,31,37-38H,15,17-18,22H2,1-5H3,(H,39,43)/p-1/t31-/m1/s1. The molecule has 0 fully saturated rings. The minimum absolute atomic E-state index is 0.410. The summed E-state index contributed by atoms with van der Waals surface area (Å²) in [6, 6.07) is 21.4. The molecular formula is C36H39N6O4-. The molecule has 46 heavy (non-hydrogen) atoms. The van der Waals surface area contributed by atoms with Crippen LogP contribution in [0.3, 0.4) is 0 Å². The molecule has 6 rings (SSSR count). The Balaban J connectivity index is 1.43. The number of methoxy groups -OCH3 is 2. The minimum Gasteiger partial charge on any atom is -0.595 e. The Morgan fingerprint density at radius 3 is 2.20 bits per heavy atom. The molecule has 0 radical (unpaired) electrons. The van der Waals surface area contributed by atoms with Crippen molar-refractivity contribution in [3.63, 3.8) is 0 Å². The van der Waals surface area contributed by atoms with E-state index < -0.39 is 17.7 Å². The fourth-order valence-electron chi connectivity index (χ4n) is 5.81. The zero-order chi connectivity index (χ0) is 32.3. The van der Waals surface area contributed by atoms with E-state index >= 15 is 0 Å². The number of H-pyrrole nitrogens is 2. The number of benzene rings is 3. The molecule has 2 N–H and O–H groups in total. The summed E-state index contributed by atoms with van der Waals surface area (Å²) >= 11 is 0. The Bertz CT molecular complexity index is 1980. The highest BCUT2D eigenvalue weighted by molar-refractivity contribution is 5.83. The number of fused-ring (bicyclic) bond motifs is 2. The molecule has 0 aliphatic heterocycles. The van der Waals surface area contributed by atoms with Crippen molar-refractivity contribution < 1.29 is 19.3 Å². The molecule has 0 aliphatic rings. The van der Waals surface area contributed by atoms with Gasteiger partial charge < -0.3 is 33.9 Å². The van der Waals surface area contributed by atoms with Crippen LogP contribution in [0, 0.1) is 0 Å². The lowest BCUT2D eigenvalue weighted by molar-refractivity contribution is -0.261. The number of rotatable bonds is 11. The number of hydrogen-bond acceptors (Lipinski definition) is 7. The molecule has 0 unspecified atom stereocenters. The van der Waals surface area contributed by atoms with Crippen LogP contribution in [0.1, 0.15) is 55.2 Å². The summed E-state index contributed by atoms with van der Waals surface area (Å²) in [5, 5.41) is 24.8. The van der Waals surface area contributed by atoms with Gasteiger partial charge in [-0.2, -0.15) is 0 Å². The third-order valence-corrected chi connectivity index (χ3v) is 8.01. The topological polar surface area (TPSA) is 125 Å². The molecule has 0 saturated carbocycles. The smallest absolute Gasteiger partial charge is 0.158 e. The van der Waals surface area contributed by atoms with Crippen LogP contribution >= 0.6 is 0 Å². The molecule has 238 valence electrons. The van der Waals surface area contributed by atoms with Crippen LogP contribution in [0.25, 0.3) is 21.8 Å². The molecule has 0 spiro atoms. The minimum atomic E-state index is -0.694. The van der Waals surface area contributed by atoms with Gasteiger partial charge in [-0.05, 0) is 41.8 Å². The highest BCUT2D eigenvalue weighted by Crippen LogP contribution is 2.31. The van der Waals surface area contributed by atoms with Crippen molar-refractivity contribution in [2.45, 2.75) is 58.2 Å². The van der Waals surface area contributed by atoms with E-state index in [1.165, 1.54) is 10.9 Å². The molecule has 3 heterocycles. The fourth-order valence-corrected chi connectivity index (χ4v) is 5.81. The van der Waals surface area contributed by atoms with Gasteiger partial charge in [-0.3, -0.25) is 4.99 Å². The van der Waals surface area contributed by atoms with Crippen LogP contribution < -0.4 is 14.6 Å². The number of aliphatic imine (C=N–C) groups is 1. The second-order valence-electron chi connectivity index (χ2n) is 12.3. The lowest BCUT2D eigenvalue weighted by Gasteiger charge is -2.30. The summed E-state index contributed by atoms with van der Waals surface area (Å²) in [5.74, 6) is 2.73. The summed E-state index contributed by atoms with van der Waals surface area (Å²) < 4.78 is 18.9. The van der Waals surface area contributed by atoms with E-state index in [1.54, 1.807) is 14.2 Å². The first-order valence-corrected chi connectivity index (χ1v) is 15.4. The molecule has 6 aromatic rings. The van der Waals surface area contributed by atoms with Gasteiger partial charge in [0.25, 0.3) is 0 Å². The number of para-hydroxylation sites is 2. The van der Waals surface area contributed by atoms with Crippen LogP contribution in [0.4, 0.5) is 0 Å². The van der Waals surface area contributed by atoms with Gasteiger partial charge in [0.15, 0.2) is 5.82 Å². The van der Waals surface area contributed by atoms with Crippen molar-refractivity contribution in [2.24, 2.45) is 4.99 Å². The maximum Gasteiger partial charge on any atom is 0.158 e. The van der Waals surface area contributed by atoms with E-state index in [1.807, 2.05) is 75.5 Å². The van der Waals surface area contributed by atoms with Crippen molar-refractivity contribution >= 4 is 27.9 Å². The Morgan fingerprint density at radius 1 is 0.848 bits per heavy atom. The van der Waals surface area contributed by atoms with Crippen LogP contribution in [0.15, 0.2) is 84.1 Å². The summed E-state index contributed by atoms with van der Waals surface area (Å²) in [6.45, 7) is 5.90. The van der Waals surface area contributed by atoms with E-state index in [4.69, 9.17) is 24.4 Å². The van der Waals surface area contributed by atoms with Crippen LogP contribution in [0.5, 0.6) is 11.5 Å². The van der Waals surface area contributed by atoms with Gasteiger partial charge >= 0.3 is 0 Å². The number of aromatic amines is 2. The molecule has 3 aromatic carbocycles. The van der Waals surface area contributed by atoms with E-state index in [-0.39, 0.29) is 0 Å². The molecule has 0 saturated heterocycles. The highest BCUT2D eigenvalue weighted by atomic mass is 16.6. The number of aryl methyl sites for hydroxylation is 2. The Morgan fingerprint density at radius 2 is 1.52 bits per heavy atom. The molecule has 10 nitrogen and oxygen atoms in total. The van der Waals surface area contributed by atoms with Gasteiger partial charge in [0, 0.05) is 64.3 Å². The third-order valence-electron chi connectivity index (χ3n) is 8.01. The van der Waals surface area contributed by atoms with E-state index in [0.29, 0.717) is 36.7 Å². The van der Waals surface area contributed by atoms with Gasteiger partial charge in [-0.15, -0.1) is 10.2 Å². The molecule has 0 aliphatic carbocycles. The Kier molecular flexibility index (Phi) is 8.70. The number of nitrogens with one attached hydrogen (secondary N) is 2. The molecule has 10 heteroatoms. The monoisotopic (exact) mass is 619 g/mol. The van der Waals surface area contributed by atoms with Crippen molar-refractivity contribution in [3.05, 3.63) is 107 Å². The predicted molar refractivity (Wildman–Crippen MR) is 177 cm³/mol. The average molecular weight is 620 g/mol. The van der Waals surface area contributed by atoms with Gasteiger partial charge in [-0.1, -0.05) is 57.2 Å². The summed E-state index contributed by atoms with van der Waals surface area (Å²) in [5.41, 5.74) is 4.55. The molecular weight excluding hydrogens is 580 g/mol. The second kappa shape index (κ2) is 13.0. The fraction of sp³-hybridized carbons (Fsp3) is 0.306. The summed E-state index contributed by atoms with van der Waals surface area (Å²) in [6.07, 6.45) is 5.17. The van der Waals surface area contributed by atoms with Gasteiger partial charge in [-0.25, -0.2) is 0 Å². The Hall–Kier alpha value is -5.25. The lowest BCUT2D eigenvalue weighted by atomic mass is 10.0. The number of aromatic nitrogens is 5. The second-order valence-corrected chi connectivity index (χ2v) is 12.3. The maximum absolute atomic E-state index is 13.2. The molecule has 0 bridgehead atoms. The van der Waals surface area contributed by atoms with E-state index in [0.717, 1.165) is 39.8 Å². The molecule has 1 atom stereocenters. The van der Waals surface area contributed by atoms with E-state index in [2.05, 4.69) is 43.9 Å². The average Bonchev–Trinajstić information content (AvgIpc) is 3.76. The van der Waals surface area contributed by atoms with Crippen molar-refractivity contribution in [3.8, 4) is 11.5 Å². The third kappa shape index (κ3) is 6.71. The first-order chi connectivity index (χ1) is 22.2. The van der Waals surface area contributed by atoms with Crippen molar-refractivity contribution in [2.75, 3.05) is 14.2 Å². The zero-order valence-electron chi connectivity index (χ0n) is 26.8. The highest BCUT2D eigenvalue weighted by Gasteiger charge is 2.24. The molecule has 0 amide bonds. The largest absolute Gasteiger partial charge is 0.595 e. The molecule has 3 aromatic heterocycles. The van der Waals surface area contributed by atoms with Crippen LogP contribution in [-0.2, 0) is 30.5 Å². The normalized spacial score (nSPS) is 12.9. The predicted octanol–water partition coefficient (Wildman–Crippen LogP) is 5.91. The number of nitrogens with zero attached hydrogens (tertiary/aromatic N) is 4. The van der Waals surface area contributed by atoms with Gasteiger partial charge in [0.2, 0.25) is 0 Å². The SMILES string of the molecule is COc1ccc(Cn2c(CCc3c[nH]c4ccccc34)nnc2[C@@H](Cc2c[nH]c3ccccc23)N=C([O-])OC(C)(C)C)c(OC)c1. The van der Waals surface area contributed by atoms with Crippen LogP contribution in [0.2, 0.25) is 0 Å². The summed E-state index contributed by atoms with van der Waals surface area (Å²) in [4.78, 5) is 11.3. The quantitative estimate of drug-likeness (QED) is 0.137. The number of hydrogen-bond donors (Lipinski definition) is 2. The van der Waals surface area contributed by atoms with Gasteiger partial charge in [0.05, 0.1) is 20.8 Å². The zero-order valence-corrected chi connectivity index (χ0v) is 26.8. The number of ether oxygens (including phenoxy) is 3. The van der Waals surface area contributed by atoms with Crippen molar-refractivity contribution in [1.82, 2.24) is 24.7 Å². The van der Waals surface area contributed by atoms with Crippen molar-refractivity contribution in [1.29, 1.82) is 0 Å². The van der Waals surface area contributed by atoms with E-state index in [9.17, 15) is 5.11 Å². The van der Waals surface area contributed by atoms with Gasteiger partial charge in [0.1, 0.15) is 29.4 Å². The Labute approximate surface area is 268 Å².